The molecule has 0 bridgehead atoms. The highest BCUT2D eigenvalue weighted by Gasteiger charge is 2.70. The first kappa shape index (κ1) is 41.3. The molecule has 4 aliphatic rings. The number of hydrogen-bond acceptors (Lipinski definition) is 8. The van der Waals surface area contributed by atoms with Crippen LogP contribution in [0.3, 0.4) is 0 Å². The van der Waals surface area contributed by atoms with Crippen molar-refractivity contribution < 1.29 is 32.4 Å². The number of ketones is 1. The molecule has 52 heavy (non-hydrogen) atoms. The third kappa shape index (κ3) is 9.18. The first-order valence-electron chi connectivity index (χ1n) is 18.5. The molecule has 4 N–H and O–H groups in total. The number of fused-ring (bicyclic) bond motifs is 1. The minimum Gasteiger partial charge on any atom is -0.346 e. The average Bonchev–Trinajstić information content (AvgIpc) is 3.93. The fourth-order valence-electron chi connectivity index (χ4n) is 8.05. The summed E-state index contributed by atoms with van der Waals surface area (Å²) >= 11 is 0. The van der Waals surface area contributed by atoms with Crippen molar-refractivity contribution in [1.29, 1.82) is 0 Å². The van der Waals surface area contributed by atoms with Gasteiger partial charge >= 0.3 is 0 Å². The highest BCUT2D eigenvalue weighted by molar-refractivity contribution is 8.04. The molecule has 1 saturated heterocycles. The average molecular weight is 746 g/mol. The number of carbonyl (C=O) groups excluding carboxylic acids is 5. The largest absolute Gasteiger partial charge is 0.346 e. The van der Waals surface area contributed by atoms with Crippen LogP contribution in [0.2, 0.25) is 0 Å². The lowest BCUT2D eigenvalue weighted by molar-refractivity contribution is -0.147. The van der Waals surface area contributed by atoms with Crippen LogP contribution in [0.25, 0.3) is 0 Å². The van der Waals surface area contributed by atoms with Crippen LogP contribution in [-0.2, 0) is 34.0 Å². The van der Waals surface area contributed by atoms with Gasteiger partial charge in [-0.1, -0.05) is 79.7 Å². The Balaban J connectivity index is 1.62. The van der Waals surface area contributed by atoms with Crippen molar-refractivity contribution in [2.24, 2.45) is 44.0 Å². The molecule has 290 valence electrons. The van der Waals surface area contributed by atoms with Gasteiger partial charge in [0, 0.05) is 20.1 Å². The van der Waals surface area contributed by atoms with E-state index in [0.29, 0.717) is 19.3 Å². The van der Waals surface area contributed by atoms with E-state index < -0.39 is 74.4 Å². The van der Waals surface area contributed by atoms with Gasteiger partial charge in [-0.2, -0.15) is 4.72 Å². The molecule has 1 unspecified atom stereocenters. The fraction of sp³-hybridized carbons (Fsp3) is 0.757. The SMILES string of the molecule is C=CCNC(=O)C(=O)C(CC1CC1)NC(=O)[C@@H]1[C@@H]2[C@H](CN1C(=O)[C@@H](NC(=O)[C@@H](NS(=O)(=O)/C(C)=N/C=N\C)C1(C)CCCCC1)C(C)(C)C)C2(C)C. The van der Waals surface area contributed by atoms with Crippen molar-refractivity contribution in [3.8, 4) is 0 Å². The lowest BCUT2D eigenvalue weighted by Gasteiger charge is -2.42. The van der Waals surface area contributed by atoms with Gasteiger partial charge in [-0.05, 0) is 60.2 Å². The van der Waals surface area contributed by atoms with Crippen molar-refractivity contribution in [2.45, 2.75) is 124 Å². The topological polar surface area (TPSA) is 196 Å². The predicted molar refractivity (Wildman–Crippen MR) is 200 cm³/mol. The Morgan fingerprint density at radius 2 is 1.65 bits per heavy atom. The van der Waals surface area contributed by atoms with E-state index >= 15 is 0 Å². The second-order valence-electron chi connectivity index (χ2n) is 17.1. The van der Waals surface area contributed by atoms with E-state index in [-0.39, 0.29) is 41.3 Å². The molecule has 0 aromatic heterocycles. The summed E-state index contributed by atoms with van der Waals surface area (Å²) in [5, 5.41) is 8.03. The van der Waals surface area contributed by atoms with Gasteiger partial charge in [0.05, 0.1) is 6.04 Å². The van der Waals surface area contributed by atoms with Crippen LogP contribution in [0.1, 0.15) is 99.8 Å². The Morgan fingerprint density at radius 3 is 2.21 bits per heavy atom. The highest BCUT2D eigenvalue weighted by atomic mass is 32.2. The number of carbonyl (C=O) groups is 5. The molecule has 4 amide bonds. The van der Waals surface area contributed by atoms with Crippen LogP contribution in [0.15, 0.2) is 22.6 Å². The van der Waals surface area contributed by atoms with E-state index in [2.05, 4.69) is 37.2 Å². The standard InChI is InChI=1S/C37H59N7O7S/c1-10-18-39-32(47)28(45)25(19-23-14-15-23)41-31(46)27-26-24(36(26,6)7)20-44(27)34(49)30(35(3,4)5)42-33(48)29(37(8)16-12-11-13-17-37)43-52(50,51)22(2)40-21-38-9/h10,21,23-27,29-30,43H,1,11-20H2,2-9H3,(H,39,47)(H,41,46)(H,42,48)/b38-21-,40-22+/t24-,25?,26-,27-,29+,30+/m0/s1. The molecule has 1 heterocycles. The quantitative estimate of drug-likeness (QED) is 0.0856. The maximum Gasteiger partial charge on any atom is 0.289 e. The van der Waals surface area contributed by atoms with Gasteiger partial charge < -0.3 is 20.9 Å². The number of piperidine rings is 1. The molecular weight excluding hydrogens is 687 g/mol. The predicted octanol–water partition coefficient (Wildman–Crippen LogP) is 2.49. The molecular formula is C37H59N7O7S. The minimum atomic E-state index is -4.20. The summed E-state index contributed by atoms with van der Waals surface area (Å²) in [5.74, 6) is -3.10. The normalized spacial score (nSPS) is 25.7. The summed E-state index contributed by atoms with van der Waals surface area (Å²) in [7, 11) is -2.73. The van der Waals surface area contributed by atoms with Crippen molar-refractivity contribution in [3.63, 3.8) is 0 Å². The number of aliphatic imine (C=N–C) groups is 2. The zero-order valence-electron chi connectivity index (χ0n) is 32.1. The monoisotopic (exact) mass is 745 g/mol. The molecule has 3 saturated carbocycles. The molecule has 3 aliphatic carbocycles. The van der Waals surface area contributed by atoms with Gasteiger partial charge in [0.25, 0.3) is 15.9 Å². The van der Waals surface area contributed by atoms with Crippen LogP contribution in [0.4, 0.5) is 0 Å². The summed E-state index contributed by atoms with van der Waals surface area (Å²) in [4.78, 5) is 78.2. The van der Waals surface area contributed by atoms with Gasteiger partial charge in [0.1, 0.15) is 29.5 Å². The molecule has 15 heteroatoms. The van der Waals surface area contributed by atoms with E-state index in [9.17, 15) is 32.4 Å². The number of nitrogens with zero attached hydrogens (tertiary/aromatic N) is 3. The zero-order valence-corrected chi connectivity index (χ0v) is 32.9. The third-order valence-corrected chi connectivity index (χ3v) is 13.1. The molecule has 4 fully saturated rings. The van der Waals surface area contributed by atoms with Crippen molar-refractivity contribution in [3.05, 3.63) is 12.7 Å². The first-order valence-corrected chi connectivity index (χ1v) is 20.0. The Bertz CT molecular complexity index is 1590. The second-order valence-corrected chi connectivity index (χ2v) is 18.9. The molecule has 0 spiro atoms. The number of hydrogen-bond donors (Lipinski definition) is 4. The van der Waals surface area contributed by atoms with E-state index in [1.54, 1.807) is 20.8 Å². The van der Waals surface area contributed by atoms with Gasteiger partial charge in [0.2, 0.25) is 23.5 Å². The number of amides is 4. The van der Waals surface area contributed by atoms with E-state index in [4.69, 9.17) is 0 Å². The minimum absolute atomic E-state index is 0.0200. The van der Waals surface area contributed by atoms with Crippen LogP contribution in [-0.4, -0.2) is 98.4 Å². The number of sulfonamides is 1. The Morgan fingerprint density at radius 1 is 1.02 bits per heavy atom. The molecule has 0 radical (unpaired) electrons. The second kappa shape index (κ2) is 15.9. The van der Waals surface area contributed by atoms with Crippen LogP contribution in [0.5, 0.6) is 0 Å². The summed E-state index contributed by atoms with van der Waals surface area (Å²) in [6.45, 7) is 16.7. The molecule has 14 nitrogen and oxygen atoms in total. The molecule has 4 rings (SSSR count). The number of likely N-dealkylation sites (tertiary alicyclic amines) is 1. The first-order chi connectivity index (χ1) is 24.2. The van der Waals surface area contributed by atoms with Gasteiger partial charge in [-0.25, -0.2) is 13.4 Å². The smallest absolute Gasteiger partial charge is 0.289 e. The maximum absolute atomic E-state index is 14.7. The third-order valence-electron chi connectivity index (χ3n) is 11.7. The Hall–Kier alpha value is -3.46. The lowest BCUT2D eigenvalue weighted by Crippen LogP contribution is -2.64. The fourth-order valence-corrected chi connectivity index (χ4v) is 9.11. The molecule has 1 aliphatic heterocycles. The summed E-state index contributed by atoms with van der Waals surface area (Å²) in [5.41, 5.74) is -1.81. The highest BCUT2D eigenvalue weighted by Crippen LogP contribution is 2.65. The van der Waals surface area contributed by atoms with Gasteiger partial charge in [-0.3, -0.25) is 29.0 Å². The summed E-state index contributed by atoms with van der Waals surface area (Å²) < 4.78 is 29.5. The number of Topliss-reactive ketones (excluding diaryl/α,β-unsaturated/α-hetero) is 1. The van der Waals surface area contributed by atoms with Crippen molar-refractivity contribution in [1.82, 2.24) is 25.6 Å². The van der Waals surface area contributed by atoms with E-state index in [1.165, 1.54) is 24.9 Å². The Kier molecular flexibility index (Phi) is 12.6. The number of rotatable bonds is 15. The lowest BCUT2D eigenvalue weighted by atomic mass is 9.70. The van der Waals surface area contributed by atoms with E-state index in [1.807, 2.05) is 20.8 Å². The summed E-state index contributed by atoms with van der Waals surface area (Å²) in [6.07, 6.45) is 8.55. The summed E-state index contributed by atoms with van der Waals surface area (Å²) in [6, 6.07) is -4.29. The van der Waals surface area contributed by atoms with Gasteiger partial charge in [-0.15, -0.1) is 6.58 Å². The maximum atomic E-state index is 14.7. The van der Waals surface area contributed by atoms with Crippen LogP contribution >= 0.6 is 0 Å². The molecule has 0 aromatic rings. The Labute approximate surface area is 308 Å². The zero-order chi connectivity index (χ0) is 38.8. The molecule has 6 atom stereocenters. The molecule has 0 aromatic carbocycles. The van der Waals surface area contributed by atoms with E-state index in [0.717, 1.165) is 38.4 Å². The van der Waals surface area contributed by atoms with Crippen LogP contribution in [0, 0.1) is 34.0 Å². The number of nitrogens with one attached hydrogen (secondary N) is 4. The van der Waals surface area contributed by atoms with Crippen LogP contribution < -0.4 is 20.7 Å². The van der Waals surface area contributed by atoms with Gasteiger partial charge in [0.15, 0.2) is 0 Å². The van der Waals surface area contributed by atoms with Crippen molar-refractivity contribution >= 4 is 50.8 Å². The van der Waals surface area contributed by atoms with Crippen molar-refractivity contribution in [2.75, 3.05) is 20.1 Å².